The molecule has 1 amide bonds. The van der Waals surface area contributed by atoms with Crippen molar-refractivity contribution in [2.45, 2.75) is 30.7 Å². The molecule has 2 heterocycles. The van der Waals surface area contributed by atoms with Crippen LogP contribution in [0, 0.1) is 5.92 Å². The minimum absolute atomic E-state index is 0.0197. The van der Waals surface area contributed by atoms with Crippen molar-refractivity contribution >= 4 is 15.9 Å². The Morgan fingerprint density at radius 1 is 1.22 bits per heavy atom. The van der Waals surface area contributed by atoms with Gasteiger partial charge in [0.1, 0.15) is 0 Å². The molecule has 0 radical (unpaired) electrons. The van der Waals surface area contributed by atoms with E-state index in [4.69, 9.17) is 0 Å². The van der Waals surface area contributed by atoms with Crippen molar-refractivity contribution in [3.05, 3.63) is 29.8 Å². The lowest BCUT2D eigenvalue weighted by Gasteiger charge is -2.32. The fraction of sp³-hybridized carbons (Fsp3) is 0.632. The highest BCUT2D eigenvalue weighted by Crippen LogP contribution is 2.21. The molecular weight excluding hydrogens is 364 g/mol. The van der Waals surface area contributed by atoms with Crippen molar-refractivity contribution in [3.63, 3.8) is 0 Å². The Hall–Kier alpha value is -1.48. The number of carbonyl (C=O) groups excluding carboxylic acids is 1. The maximum atomic E-state index is 13.0. The molecule has 2 aliphatic rings. The molecule has 8 heteroatoms. The van der Waals surface area contributed by atoms with Crippen LogP contribution in [0.25, 0.3) is 0 Å². The second kappa shape index (κ2) is 9.14. The summed E-state index contributed by atoms with van der Waals surface area (Å²) in [6.45, 7) is 4.71. The van der Waals surface area contributed by atoms with Crippen molar-refractivity contribution < 1.29 is 13.2 Å². The third-order valence-electron chi connectivity index (χ3n) is 5.47. The molecule has 0 spiro atoms. The van der Waals surface area contributed by atoms with Crippen LogP contribution in [0.3, 0.4) is 0 Å². The SMILES string of the molecule is CN1CCN(S(=O)(=O)c2ccccc2CNC(=O)CCC2CCNC2)CC1. The van der Waals surface area contributed by atoms with Gasteiger partial charge in [-0.15, -0.1) is 0 Å². The maximum absolute atomic E-state index is 13.0. The largest absolute Gasteiger partial charge is 0.352 e. The standard InChI is InChI=1S/C19H30N4O3S/c1-22-10-12-23(13-11-22)27(25,26)18-5-3-2-4-17(18)15-21-19(24)7-6-16-8-9-20-14-16/h2-5,16,20H,6-15H2,1H3,(H,21,24). The first-order valence-electron chi connectivity index (χ1n) is 9.71. The first kappa shape index (κ1) is 20.3. The summed E-state index contributed by atoms with van der Waals surface area (Å²) in [4.78, 5) is 14.6. The van der Waals surface area contributed by atoms with Gasteiger partial charge in [-0.3, -0.25) is 4.79 Å². The van der Waals surface area contributed by atoms with Gasteiger partial charge in [-0.1, -0.05) is 18.2 Å². The number of benzene rings is 1. The quantitative estimate of drug-likeness (QED) is 0.709. The zero-order valence-corrected chi connectivity index (χ0v) is 16.8. The number of sulfonamides is 1. The van der Waals surface area contributed by atoms with Crippen LogP contribution in [0.2, 0.25) is 0 Å². The topological polar surface area (TPSA) is 81.8 Å². The molecular formula is C19H30N4O3S. The van der Waals surface area contributed by atoms with Crippen LogP contribution in [0.15, 0.2) is 29.2 Å². The van der Waals surface area contributed by atoms with Crippen molar-refractivity contribution in [3.8, 4) is 0 Å². The van der Waals surface area contributed by atoms with E-state index in [9.17, 15) is 13.2 Å². The van der Waals surface area contributed by atoms with E-state index in [1.807, 2.05) is 13.1 Å². The highest BCUT2D eigenvalue weighted by molar-refractivity contribution is 7.89. The molecule has 2 saturated heterocycles. The van der Waals surface area contributed by atoms with Gasteiger partial charge >= 0.3 is 0 Å². The molecule has 27 heavy (non-hydrogen) atoms. The summed E-state index contributed by atoms with van der Waals surface area (Å²) in [5.41, 5.74) is 0.646. The lowest BCUT2D eigenvalue weighted by Crippen LogP contribution is -2.47. The van der Waals surface area contributed by atoms with Gasteiger partial charge in [0.25, 0.3) is 0 Å². The predicted molar refractivity (Wildman–Crippen MR) is 105 cm³/mol. The highest BCUT2D eigenvalue weighted by atomic mass is 32.2. The van der Waals surface area contributed by atoms with Crippen LogP contribution in [0.1, 0.15) is 24.8 Å². The number of nitrogens with zero attached hydrogens (tertiary/aromatic N) is 2. The molecule has 150 valence electrons. The van der Waals surface area contributed by atoms with Crippen molar-refractivity contribution in [1.29, 1.82) is 0 Å². The van der Waals surface area contributed by atoms with E-state index in [-0.39, 0.29) is 12.5 Å². The Morgan fingerprint density at radius 2 is 1.96 bits per heavy atom. The Bertz CT molecular complexity index is 739. The zero-order valence-electron chi connectivity index (χ0n) is 16.0. The second-order valence-electron chi connectivity index (χ2n) is 7.49. The average Bonchev–Trinajstić information content (AvgIpc) is 3.19. The molecule has 1 atom stereocenters. The molecule has 1 unspecified atom stereocenters. The molecule has 2 fully saturated rings. The Kier molecular flexibility index (Phi) is 6.86. The van der Waals surface area contributed by atoms with E-state index in [0.717, 1.165) is 39.0 Å². The zero-order chi connectivity index (χ0) is 19.3. The fourth-order valence-corrected chi connectivity index (χ4v) is 5.29. The highest BCUT2D eigenvalue weighted by Gasteiger charge is 2.29. The van der Waals surface area contributed by atoms with Gasteiger partial charge in [-0.25, -0.2) is 8.42 Å². The van der Waals surface area contributed by atoms with Crippen LogP contribution in [0.4, 0.5) is 0 Å². The summed E-state index contributed by atoms with van der Waals surface area (Å²) in [5, 5.41) is 6.20. The third kappa shape index (κ3) is 5.28. The number of hydrogen-bond acceptors (Lipinski definition) is 5. The van der Waals surface area contributed by atoms with Gasteiger partial charge in [-0.2, -0.15) is 4.31 Å². The summed E-state index contributed by atoms with van der Waals surface area (Å²) in [5.74, 6) is 0.550. The summed E-state index contributed by atoms with van der Waals surface area (Å²) in [6, 6.07) is 6.97. The molecule has 1 aromatic rings. The van der Waals surface area contributed by atoms with E-state index in [2.05, 4.69) is 15.5 Å². The van der Waals surface area contributed by atoms with Gasteiger partial charge in [0, 0.05) is 39.1 Å². The van der Waals surface area contributed by atoms with Gasteiger partial charge in [-0.05, 0) is 50.5 Å². The number of hydrogen-bond donors (Lipinski definition) is 2. The Morgan fingerprint density at radius 3 is 2.67 bits per heavy atom. The molecule has 0 aliphatic carbocycles. The van der Waals surface area contributed by atoms with E-state index < -0.39 is 10.0 Å². The Labute approximate surface area is 162 Å². The third-order valence-corrected chi connectivity index (χ3v) is 7.47. The van der Waals surface area contributed by atoms with Gasteiger partial charge < -0.3 is 15.5 Å². The molecule has 0 bridgehead atoms. The number of nitrogens with one attached hydrogen (secondary N) is 2. The smallest absolute Gasteiger partial charge is 0.243 e. The molecule has 0 aromatic heterocycles. The number of likely N-dealkylation sites (N-methyl/N-ethyl adjacent to an activating group) is 1. The molecule has 3 rings (SSSR count). The van der Waals surface area contributed by atoms with E-state index in [1.165, 1.54) is 0 Å². The van der Waals surface area contributed by atoms with Crippen LogP contribution in [-0.2, 0) is 21.4 Å². The second-order valence-corrected chi connectivity index (χ2v) is 9.40. The van der Waals surface area contributed by atoms with Crippen LogP contribution in [-0.4, -0.2) is 69.8 Å². The first-order valence-corrected chi connectivity index (χ1v) is 11.1. The molecule has 1 aromatic carbocycles. The summed E-state index contributed by atoms with van der Waals surface area (Å²) in [6.07, 6.45) is 2.49. The van der Waals surface area contributed by atoms with Crippen molar-refractivity contribution in [2.75, 3.05) is 46.3 Å². The van der Waals surface area contributed by atoms with E-state index in [0.29, 0.717) is 35.9 Å². The van der Waals surface area contributed by atoms with E-state index >= 15 is 0 Å². The number of amides is 1. The summed E-state index contributed by atoms with van der Waals surface area (Å²) in [7, 11) is -1.55. The first-order chi connectivity index (χ1) is 13.0. The van der Waals surface area contributed by atoms with Crippen molar-refractivity contribution in [1.82, 2.24) is 19.8 Å². The monoisotopic (exact) mass is 394 g/mol. The predicted octanol–water partition coefficient (Wildman–Crippen LogP) is 0.629. The van der Waals surface area contributed by atoms with Crippen molar-refractivity contribution in [2.24, 2.45) is 5.92 Å². The molecule has 2 aliphatic heterocycles. The molecule has 7 nitrogen and oxygen atoms in total. The van der Waals surface area contributed by atoms with Gasteiger partial charge in [0.15, 0.2) is 0 Å². The number of rotatable bonds is 7. The fourth-order valence-electron chi connectivity index (χ4n) is 3.65. The normalized spacial score (nSPS) is 22.0. The lowest BCUT2D eigenvalue weighted by molar-refractivity contribution is -0.121. The minimum Gasteiger partial charge on any atom is -0.352 e. The lowest BCUT2D eigenvalue weighted by atomic mass is 10.0. The number of carbonyl (C=O) groups is 1. The minimum atomic E-state index is -3.54. The van der Waals surface area contributed by atoms with E-state index in [1.54, 1.807) is 22.5 Å². The van der Waals surface area contributed by atoms with Crippen LogP contribution in [0.5, 0.6) is 0 Å². The molecule has 0 saturated carbocycles. The summed E-state index contributed by atoms with van der Waals surface area (Å²) >= 11 is 0. The summed E-state index contributed by atoms with van der Waals surface area (Å²) < 4.78 is 27.6. The molecule has 2 N–H and O–H groups in total. The van der Waals surface area contributed by atoms with Gasteiger partial charge in [0.2, 0.25) is 15.9 Å². The van der Waals surface area contributed by atoms with Gasteiger partial charge in [0.05, 0.1) is 4.90 Å². The van der Waals surface area contributed by atoms with Crippen LogP contribution >= 0.6 is 0 Å². The number of piperazine rings is 1. The van der Waals surface area contributed by atoms with Crippen LogP contribution < -0.4 is 10.6 Å². The Balaban J connectivity index is 1.60. The average molecular weight is 395 g/mol. The maximum Gasteiger partial charge on any atom is 0.243 e.